The van der Waals surface area contributed by atoms with E-state index in [-0.39, 0.29) is 25.0 Å². The van der Waals surface area contributed by atoms with Crippen molar-refractivity contribution in [2.45, 2.75) is 26.6 Å². The fourth-order valence-electron chi connectivity index (χ4n) is 3.54. The van der Waals surface area contributed by atoms with Gasteiger partial charge in [-0.15, -0.1) is 0 Å². The van der Waals surface area contributed by atoms with Gasteiger partial charge in [-0.2, -0.15) is 13.2 Å². The van der Waals surface area contributed by atoms with Crippen LogP contribution in [0.5, 0.6) is 0 Å². The topological polar surface area (TPSA) is 64.7 Å². The second kappa shape index (κ2) is 10.0. The molecule has 172 valence electrons. The third-order valence-corrected chi connectivity index (χ3v) is 5.60. The van der Waals surface area contributed by atoms with Crippen molar-refractivity contribution in [1.29, 1.82) is 0 Å². The van der Waals surface area contributed by atoms with E-state index in [1.54, 1.807) is 11.0 Å². The lowest BCUT2D eigenvalue weighted by atomic mass is 10.1. The predicted octanol–water partition coefficient (Wildman–Crippen LogP) is 3.79. The Hall–Kier alpha value is -3.07. The van der Waals surface area contributed by atoms with Crippen molar-refractivity contribution in [1.82, 2.24) is 15.1 Å². The number of carbonyl (C=O) groups is 2. The molecule has 0 saturated carbocycles. The molecule has 2 aromatic carbocycles. The molecule has 1 heterocycles. The van der Waals surface area contributed by atoms with Crippen molar-refractivity contribution in [3.8, 4) is 0 Å². The molecule has 2 N–H and O–H groups in total. The van der Waals surface area contributed by atoms with Crippen LogP contribution in [0, 0.1) is 13.8 Å². The summed E-state index contributed by atoms with van der Waals surface area (Å²) in [5.41, 5.74) is 2.57. The molecule has 3 amide bonds. The van der Waals surface area contributed by atoms with E-state index in [4.69, 9.17) is 0 Å². The molecule has 3 rings (SSSR count). The van der Waals surface area contributed by atoms with Crippen LogP contribution in [0.25, 0.3) is 0 Å². The lowest BCUT2D eigenvalue weighted by molar-refractivity contribution is -0.137. The Balaban J connectivity index is 1.43. The number of hydrogen-bond acceptors (Lipinski definition) is 3. The first-order valence-corrected chi connectivity index (χ1v) is 10.4. The van der Waals surface area contributed by atoms with Crippen LogP contribution in [0.3, 0.4) is 0 Å². The maximum absolute atomic E-state index is 12.8. The molecule has 1 fully saturated rings. The Kier molecular flexibility index (Phi) is 7.40. The van der Waals surface area contributed by atoms with Crippen LogP contribution in [-0.2, 0) is 17.5 Å². The summed E-state index contributed by atoms with van der Waals surface area (Å²) >= 11 is 0. The molecule has 2 aromatic rings. The monoisotopic (exact) mass is 448 g/mol. The van der Waals surface area contributed by atoms with Crippen LogP contribution in [0.15, 0.2) is 42.5 Å². The van der Waals surface area contributed by atoms with Crippen LogP contribution in [0.2, 0.25) is 0 Å². The van der Waals surface area contributed by atoms with Gasteiger partial charge in [0.2, 0.25) is 5.91 Å². The van der Waals surface area contributed by atoms with Crippen molar-refractivity contribution in [2.75, 3.05) is 38.0 Å². The number of urea groups is 1. The van der Waals surface area contributed by atoms with Crippen molar-refractivity contribution < 1.29 is 22.8 Å². The smallest absolute Gasteiger partial charge is 0.334 e. The van der Waals surface area contributed by atoms with Crippen LogP contribution < -0.4 is 10.6 Å². The normalized spacial score (nSPS) is 14.8. The first-order valence-electron chi connectivity index (χ1n) is 10.4. The Morgan fingerprint density at radius 2 is 1.69 bits per heavy atom. The molecule has 9 heteroatoms. The van der Waals surface area contributed by atoms with Crippen molar-refractivity contribution >= 4 is 17.6 Å². The molecule has 0 atom stereocenters. The molecule has 0 aliphatic carbocycles. The van der Waals surface area contributed by atoms with Gasteiger partial charge in [0.05, 0.1) is 12.1 Å². The van der Waals surface area contributed by atoms with Gasteiger partial charge in [0.1, 0.15) is 0 Å². The quantitative estimate of drug-likeness (QED) is 0.732. The highest BCUT2D eigenvalue weighted by molar-refractivity contribution is 5.93. The summed E-state index contributed by atoms with van der Waals surface area (Å²) in [6.45, 7) is 6.14. The highest BCUT2D eigenvalue weighted by atomic mass is 19.4. The lowest BCUT2D eigenvalue weighted by Crippen LogP contribution is -2.52. The molecule has 0 bridgehead atoms. The van der Waals surface area contributed by atoms with E-state index in [9.17, 15) is 22.8 Å². The van der Waals surface area contributed by atoms with Crippen molar-refractivity contribution in [3.63, 3.8) is 0 Å². The number of benzene rings is 2. The number of anilines is 1. The molecule has 1 aliphatic rings. The highest BCUT2D eigenvalue weighted by Crippen LogP contribution is 2.29. The lowest BCUT2D eigenvalue weighted by Gasteiger charge is -2.34. The molecular formula is C23H27F3N4O2. The summed E-state index contributed by atoms with van der Waals surface area (Å²) in [7, 11) is 0. The van der Waals surface area contributed by atoms with E-state index in [1.807, 2.05) is 36.9 Å². The number of halogens is 3. The largest absolute Gasteiger partial charge is 0.416 e. The van der Waals surface area contributed by atoms with E-state index >= 15 is 0 Å². The average molecular weight is 448 g/mol. The van der Waals surface area contributed by atoms with Crippen LogP contribution >= 0.6 is 0 Å². The molecular weight excluding hydrogens is 421 g/mol. The number of piperazine rings is 1. The van der Waals surface area contributed by atoms with Crippen LogP contribution in [0.1, 0.15) is 22.3 Å². The fourth-order valence-corrected chi connectivity index (χ4v) is 3.54. The minimum atomic E-state index is -4.42. The third-order valence-electron chi connectivity index (χ3n) is 5.60. The first-order chi connectivity index (χ1) is 15.1. The molecule has 0 radical (unpaired) electrons. The summed E-state index contributed by atoms with van der Waals surface area (Å²) in [4.78, 5) is 28.4. The van der Waals surface area contributed by atoms with Crippen molar-refractivity contribution in [2.24, 2.45) is 0 Å². The SMILES string of the molecule is Cc1cccc(NC(=O)CN2CCN(C(=O)NCc3cccc(C(F)(F)F)c3)CC2)c1C. The number of nitrogens with zero attached hydrogens (tertiary/aromatic N) is 2. The van der Waals surface area contributed by atoms with E-state index in [0.29, 0.717) is 31.7 Å². The summed E-state index contributed by atoms with van der Waals surface area (Å²) in [5, 5.41) is 5.60. The maximum Gasteiger partial charge on any atom is 0.416 e. The number of alkyl halides is 3. The zero-order chi connectivity index (χ0) is 23.3. The van der Waals surface area contributed by atoms with Gasteiger partial charge < -0.3 is 15.5 Å². The van der Waals surface area contributed by atoms with Gasteiger partial charge in [-0.05, 0) is 48.7 Å². The maximum atomic E-state index is 12.8. The highest BCUT2D eigenvalue weighted by Gasteiger charge is 2.30. The van der Waals surface area contributed by atoms with Gasteiger partial charge in [-0.25, -0.2) is 4.79 Å². The minimum Gasteiger partial charge on any atom is -0.334 e. The van der Waals surface area contributed by atoms with E-state index in [1.165, 1.54) is 6.07 Å². The number of rotatable bonds is 5. The Morgan fingerprint density at radius 3 is 2.38 bits per heavy atom. The van der Waals surface area contributed by atoms with Gasteiger partial charge in [0.25, 0.3) is 0 Å². The molecule has 1 aliphatic heterocycles. The van der Waals surface area contributed by atoms with Gasteiger partial charge in [-0.1, -0.05) is 24.3 Å². The second-order valence-corrected chi connectivity index (χ2v) is 7.92. The Labute approximate surface area is 185 Å². The van der Waals surface area contributed by atoms with Gasteiger partial charge in [0, 0.05) is 38.4 Å². The standard InChI is InChI=1S/C23H27F3N4O2/c1-16-5-3-8-20(17(16)2)28-21(31)15-29-9-11-30(12-10-29)22(32)27-14-18-6-4-7-19(13-18)23(24,25)26/h3-8,13H,9-12,14-15H2,1-2H3,(H,27,32)(H,28,31). The summed E-state index contributed by atoms with van der Waals surface area (Å²) in [6, 6.07) is 10.3. The first kappa shape index (κ1) is 23.6. The molecule has 0 spiro atoms. The number of hydrogen-bond donors (Lipinski definition) is 2. The summed E-state index contributed by atoms with van der Waals surface area (Å²) < 4.78 is 38.4. The van der Waals surface area contributed by atoms with Crippen molar-refractivity contribution in [3.05, 3.63) is 64.7 Å². The summed E-state index contributed by atoms with van der Waals surface area (Å²) in [5.74, 6) is -0.110. The van der Waals surface area contributed by atoms with Gasteiger partial charge in [0.15, 0.2) is 0 Å². The molecule has 32 heavy (non-hydrogen) atoms. The van der Waals surface area contributed by atoms with Crippen LogP contribution in [0.4, 0.5) is 23.7 Å². The minimum absolute atomic E-state index is 0.0151. The molecule has 0 aromatic heterocycles. The fraction of sp³-hybridized carbons (Fsp3) is 0.391. The molecule has 1 saturated heterocycles. The number of nitrogens with one attached hydrogen (secondary N) is 2. The number of amides is 3. The molecule has 0 unspecified atom stereocenters. The van der Waals surface area contributed by atoms with Crippen LogP contribution in [-0.4, -0.2) is 54.5 Å². The second-order valence-electron chi connectivity index (χ2n) is 7.92. The molecule has 6 nitrogen and oxygen atoms in total. The Morgan fingerprint density at radius 1 is 1.00 bits per heavy atom. The Bertz CT molecular complexity index is 970. The van der Waals surface area contributed by atoms with Gasteiger partial charge >= 0.3 is 12.2 Å². The van der Waals surface area contributed by atoms with E-state index in [2.05, 4.69) is 10.6 Å². The number of aryl methyl sites for hydroxylation is 1. The average Bonchev–Trinajstić information content (AvgIpc) is 2.75. The zero-order valence-corrected chi connectivity index (χ0v) is 18.1. The van der Waals surface area contributed by atoms with Gasteiger partial charge in [-0.3, -0.25) is 9.69 Å². The zero-order valence-electron chi connectivity index (χ0n) is 18.1. The third kappa shape index (κ3) is 6.23. The van der Waals surface area contributed by atoms with E-state index in [0.717, 1.165) is 28.9 Å². The number of carbonyl (C=O) groups excluding carboxylic acids is 2. The summed E-state index contributed by atoms with van der Waals surface area (Å²) in [6.07, 6.45) is -4.42. The predicted molar refractivity (Wildman–Crippen MR) is 116 cm³/mol. The van der Waals surface area contributed by atoms with E-state index < -0.39 is 11.7 Å².